The van der Waals surface area contributed by atoms with Crippen LogP contribution in [0.3, 0.4) is 0 Å². The average Bonchev–Trinajstić information content (AvgIpc) is 3.38. The van der Waals surface area contributed by atoms with Gasteiger partial charge in [0, 0.05) is 17.1 Å². The highest BCUT2D eigenvalue weighted by molar-refractivity contribution is 7.71. The second-order valence-electron chi connectivity index (χ2n) is 7.43. The number of ether oxygens (including phenoxy) is 1. The van der Waals surface area contributed by atoms with Gasteiger partial charge in [-0.15, -0.1) is 0 Å². The molecule has 0 amide bonds. The smallest absolute Gasteiger partial charge is 0.202 e. The number of imidazole rings is 1. The van der Waals surface area contributed by atoms with Gasteiger partial charge in [-0.1, -0.05) is 23.7 Å². The maximum absolute atomic E-state index is 13.2. The van der Waals surface area contributed by atoms with E-state index in [1.165, 1.54) is 12.1 Å². The molecule has 3 aromatic carbocycles. The highest BCUT2D eigenvalue weighted by Crippen LogP contribution is 2.19. The third-order valence-corrected chi connectivity index (χ3v) is 5.82. The van der Waals surface area contributed by atoms with Crippen molar-refractivity contribution in [2.75, 3.05) is 0 Å². The molecule has 0 fully saturated rings. The summed E-state index contributed by atoms with van der Waals surface area (Å²) in [6.45, 7) is 0.707. The Bertz CT molecular complexity index is 1420. The van der Waals surface area contributed by atoms with Crippen LogP contribution < -0.4 is 4.74 Å². The first-order valence-corrected chi connectivity index (χ1v) is 11.1. The fourth-order valence-electron chi connectivity index (χ4n) is 3.56. The minimum atomic E-state index is -0.318. The van der Waals surface area contributed by atoms with Crippen molar-refractivity contribution in [3.05, 3.63) is 100 Å². The third-order valence-electron chi connectivity index (χ3n) is 5.17. The minimum absolute atomic E-state index is 0.162. The quantitative estimate of drug-likeness (QED) is 0.295. The van der Waals surface area contributed by atoms with Crippen LogP contribution in [0.15, 0.2) is 72.8 Å². The summed E-state index contributed by atoms with van der Waals surface area (Å²) in [5.74, 6) is 1.71. The summed E-state index contributed by atoms with van der Waals surface area (Å²) >= 11 is 11.8. The molecule has 0 spiro atoms. The van der Waals surface area contributed by atoms with Gasteiger partial charge in [-0.3, -0.25) is 4.57 Å². The van der Waals surface area contributed by atoms with Crippen LogP contribution in [0.2, 0.25) is 5.02 Å². The monoisotopic (exact) mass is 479 g/mol. The van der Waals surface area contributed by atoms with E-state index in [1.807, 2.05) is 41.0 Å². The van der Waals surface area contributed by atoms with Crippen molar-refractivity contribution in [1.82, 2.24) is 24.3 Å². The van der Waals surface area contributed by atoms with Gasteiger partial charge < -0.3 is 9.72 Å². The summed E-state index contributed by atoms with van der Waals surface area (Å²) < 4.78 is 23.2. The summed E-state index contributed by atoms with van der Waals surface area (Å²) in [6, 6.07) is 21.1. The van der Waals surface area contributed by atoms with Crippen LogP contribution in [0.25, 0.3) is 16.7 Å². The molecule has 0 aliphatic rings. The Labute approximate surface area is 199 Å². The molecule has 5 rings (SSSR count). The van der Waals surface area contributed by atoms with Crippen LogP contribution in [0.1, 0.15) is 11.6 Å². The maximum atomic E-state index is 13.2. The molecule has 0 unspecified atom stereocenters. The fourth-order valence-corrected chi connectivity index (χ4v) is 4.02. The molecule has 0 bridgehead atoms. The summed E-state index contributed by atoms with van der Waals surface area (Å²) in [6.07, 6.45) is 0.638. The number of H-pyrrole nitrogens is 1. The Morgan fingerprint density at radius 1 is 1.00 bits per heavy atom. The summed E-state index contributed by atoms with van der Waals surface area (Å²) in [5, 5.41) is 5.34. The number of aromatic amines is 1. The molecule has 2 aromatic heterocycles. The number of para-hydroxylation sites is 2. The number of hydrogen-bond donors (Lipinski definition) is 1. The van der Waals surface area contributed by atoms with E-state index in [2.05, 4.69) is 9.97 Å². The van der Waals surface area contributed by atoms with Crippen LogP contribution in [0, 0.1) is 10.6 Å². The zero-order valence-corrected chi connectivity index (χ0v) is 19.0. The lowest BCUT2D eigenvalue weighted by Gasteiger charge is -2.08. The number of rotatable bonds is 7. The van der Waals surface area contributed by atoms with Gasteiger partial charge in [0.2, 0.25) is 4.77 Å². The van der Waals surface area contributed by atoms with Gasteiger partial charge in [-0.05, 0) is 72.9 Å². The van der Waals surface area contributed by atoms with E-state index in [1.54, 1.807) is 28.9 Å². The number of nitrogens with zero attached hydrogens (tertiary/aromatic N) is 4. The number of halogens is 2. The van der Waals surface area contributed by atoms with Crippen LogP contribution in [0.5, 0.6) is 5.75 Å². The molecule has 0 aliphatic carbocycles. The largest absolute Gasteiger partial charge is 0.486 e. The molecule has 0 radical (unpaired) electrons. The average molecular weight is 480 g/mol. The summed E-state index contributed by atoms with van der Waals surface area (Å²) in [7, 11) is 0. The van der Waals surface area contributed by atoms with Crippen molar-refractivity contribution in [3.8, 4) is 11.4 Å². The number of hydrogen-bond acceptors (Lipinski definition) is 4. The fraction of sp³-hybridized carbons (Fsp3) is 0.125. The molecule has 6 nitrogen and oxygen atoms in total. The van der Waals surface area contributed by atoms with Gasteiger partial charge in [0.05, 0.1) is 17.6 Å². The number of benzene rings is 3. The number of nitrogens with one attached hydrogen (secondary N) is 1. The number of aromatic nitrogens is 5. The van der Waals surface area contributed by atoms with Crippen molar-refractivity contribution in [2.45, 2.75) is 19.6 Å². The topological polar surface area (TPSA) is 60.7 Å². The molecule has 0 atom stereocenters. The lowest BCUT2D eigenvalue weighted by atomic mass is 10.3. The van der Waals surface area contributed by atoms with E-state index in [4.69, 9.17) is 33.7 Å². The van der Waals surface area contributed by atoms with Crippen molar-refractivity contribution >= 4 is 34.9 Å². The molecule has 33 heavy (non-hydrogen) atoms. The Hall–Kier alpha value is -3.49. The van der Waals surface area contributed by atoms with Crippen molar-refractivity contribution in [1.29, 1.82) is 0 Å². The lowest BCUT2D eigenvalue weighted by molar-refractivity contribution is 0.291. The summed E-state index contributed by atoms with van der Waals surface area (Å²) in [4.78, 5) is 7.96. The standard InChI is InChI=1S/C24H19ClFN5OS/c25-16-5-9-18(10-6-16)31-23(15-32-19-11-7-17(26)8-12-19)29-30(24(31)33)14-13-22-27-20-3-1-2-4-21(20)28-22/h1-12H,13-15H2,(H,27,28). The van der Waals surface area contributed by atoms with Gasteiger partial charge >= 0.3 is 0 Å². The van der Waals surface area contributed by atoms with E-state index in [0.29, 0.717) is 34.3 Å². The highest BCUT2D eigenvalue weighted by atomic mass is 35.5. The third kappa shape index (κ3) is 4.67. The van der Waals surface area contributed by atoms with E-state index in [0.717, 1.165) is 22.5 Å². The molecule has 1 N–H and O–H groups in total. The second-order valence-corrected chi connectivity index (χ2v) is 8.23. The van der Waals surface area contributed by atoms with Gasteiger partial charge in [-0.25, -0.2) is 14.1 Å². The number of fused-ring (bicyclic) bond motifs is 1. The normalized spacial score (nSPS) is 11.2. The molecular weight excluding hydrogens is 461 g/mol. The zero-order valence-electron chi connectivity index (χ0n) is 17.4. The van der Waals surface area contributed by atoms with Crippen molar-refractivity contribution < 1.29 is 9.13 Å². The molecule has 5 aromatic rings. The molecule has 166 valence electrons. The minimum Gasteiger partial charge on any atom is -0.486 e. The van der Waals surface area contributed by atoms with Gasteiger partial charge in [0.15, 0.2) is 5.82 Å². The predicted octanol–water partition coefficient (Wildman–Crippen LogP) is 5.89. The molecule has 9 heteroatoms. The Morgan fingerprint density at radius 3 is 2.52 bits per heavy atom. The Kier molecular flexibility index (Phi) is 5.93. The van der Waals surface area contributed by atoms with E-state index in [-0.39, 0.29) is 12.4 Å². The van der Waals surface area contributed by atoms with Gasteiger partial charge in [-0.2, -0.15) is 5.10 Å². The van der Waals surface area contributed by atoms with Gasteiger partial charge in [0.25, 0.3) is 0 Å². The molecule has 0 saturated heterocycles. The first kappa shape index (κ1) is 21.4. The van der Waals surface area contributed by atoms with Crippen molar-refractivity contribution in [2.24, 2.45) is 0 Å². The number of aryl methyl sites for hydroxylation is 2. The molecule has 0 aliphatic heterocycles. The van der Waals surface area contributed by atoms with Crippen LogP contribution >= 0.6 is 23.8 Å². The lowest BCUT2D eigenvalue weighted by Crippen LogP contribution is -2.06. The van der Waals surface area contributed by atoms with E-state index < -0.39 is 0 Å². The second kappa shape index (κ2) is 9.17. The van der Waals surface area contributed by atoms with Crippen LogP contribution in [-0.2, 0) is 19.6 Å². The SMILES string of the molecule is Fc1ccc(OCc2nn(CCc3nc4ccccc4[nH]3)c(=S)n2-c2ccc(Cl)cc2)cc1. The Morgan fingerprint density at radius 2 is 1.76 bits per heavy atom. The molecule has 0 saturated carbocycles. The van der Waals surface area contributed by atoms with Crippen molar-refractivity contribution in [3.63, 3.8) is 0 Å². The maximum Gasteiger partial charge on any atom is 0.202 e. The zero-order chi connectivity index (χ0) is 22.8. The van der Waals surface area contributed by atoms with Crippen LogP contribution in [0.4, 0.5) is 4.39 Å². The van der Waals surface area contributed by atoms with E-state index in [9.17, 15) is 4.39 Å². The summed E-state index contributed by atoms with van der Waals surface area (Å²) in [5.41, 5.74) is 2.75. The highest BCUT2D eigenvalue weighted by Gasteiger charge is 2.14. The predicted molar refractivity (Wildman–Crippen MR) is 128 cm³/mol. The van der Waals surface area contributed by atoms with Crippen LogP contribution in [-0.4, -0.2) is 24.3 Å². The first-order valence-electron chi connectivity index (χ1n) is 10.3. The first-order chi connectivity index (χ1) is 16.1. The molecular formula is C24H19ClFN5OS. The van der Waals surface area contributed by atoms with E-state index >= 15 is 0 Å². The van der Waals surface area contributed by atoms with Gasteiger partial charge in [0.1, 0.15) is 24.0 Å². The Balaban J connectivity index is 1.43. The molecule has 2 heterocycles.